The Kier molecular flexibility index (Phi) is 6.81. The summed E-state index contributed by atoms with van der Waals surface area (Å²) in [5.41, 5.74) is -2.19. The number of anilines is 2. The molecule has 196 valence electrons. The van der Waals surface area contributed by atoms with Gasteiger partial charge in [0.25, 0.3) is 5.56 Å². The van der Waals surface area contributed by atoms with Gasteiger partial charge in [-0.2, -0.15) is 4.98 Å². The highest BCUT2D eigenvalue weighted by atomic mass is 35.5. The molecule has 1 saturated carbocycles. The first-order valence-corrected chi connectivity index (χ1v) is 11.8. The number of rotatable bonds is 8. The summed E-state index contributed by atoms with van der Waals surface area (Å²) in [6, 6.07) is 9.15. The van der Waals surface area contributed by atoms with Crippen LogP contribution in [-0.4, -0.2) is 25.2 Å². The van der Waals surface area contributed by atoms with Gasteiger partial charge in [-0.3, -0.25) is 9.36 Å². The summed E-state index contributed by atoms with van der Waals surface area (Å²) < 4.78 is 48.6. The van der Waals surface area contributed by atoms with Gasteiger partial charge in [0.1, 0.15) is 5.75 Å². The topological polar surface area (TPSA) is 111 Å². The van der Waals surface area contributed by atoms with Crippen molar-refractivity contribution in [2.24, 2.45) is 0 Å². The van der Waals surface area contributed by atoms with Crippen molar-refractivity contribution < 1.29 is 17.9 Å². The highest BCUT2D eigenvalue weighted by Gasteiger charge is 2.24. The molecule has 0 spiro atoms. The maximum atomic E-state index is 13.9. The molecular formula is C25H19ClF3N5O4. The van der Waals surface area contributed by atoms with E-state index in [0.29, 0.717) is 10.3 Å². The van der Waals surface area contributed by atoms with E-state index in [9.17, 15) is 27.6 Å². The standard InChI is InChI=1S/C25H19ClF3N5O4/c26-17-10-16(38-15-3-4-15)5-6-20(17)31-23-32-24(36)34(12-14-2-1-7-30-22(14)35)25(37)33(23)11-13-8-18(27)21(29)19(28)9-13/h1-2,5-10,15H,3-4,11-12H2,(H,30,35)(H,31,32,36). The predicted octanol–water partition coefficient (Wildman–Crippen LogP) is 3.55. The summed E-state index contributed by atoms with van der Waals surface area (Å²) in [4.78, 5) is 44.8. The minimum Gasteiger partial charge on any atom is -0.490 e. The monoisotopic (exact) mass is 545 g/mol. The summed E-state index contributed by atoms with van der Waals surface area (Å²) in [7, 11) is 0. The van der Waals surface area contributed by atoms with Crippen molar-refractivity contribution >= 4 is 23.2 Å². The molecule has 0 bridgehead atoms. The molecule has 5 rings (SSSR count). The number of aromatic nitrogens is 4. The van der Waals surface area contributed by atoms with Crippen LogP contribution >= 0.6 is 11.6 Å². The zero-order valence-corrected chi connectivity index (χ0v) is 20.3. The fourth-order valence-corrected chi connectivity index (χ4v) is 3.92. The molecule has 2 aromatic carbocycles. The summed E-state index contributed by atoms with van der Waals surface area (Å²) in [5.74, 6) is -4.32. The summed E-state index contributed by atoms with van der Waals surface area (Å²) in [6.45, 7) is -0.907. The third kappa shape index (κ3) is 5.35. The van der Waals surface area contributed by atoms with Gasteiger partial charge in [-0.05, 0) is 48.7 Å². The molecule has 2 aromatic heterocycles. The lowest BCUT2D eigenvalue weighted by Crippen LogP contribution is -2.43. The number of hydrogen-bond acceptors (Lipinski definition) is 6. The summed E-state index contributed by atoms with van der Waals surface area (Å²) in [5, 5.41) is 3.00. The largest absolute Gasteiger partial charge is 0.490 e. The third-order valence-corrected chi connectivity index (χ3v) is 6.09. The van der Waals surface area contributed by atoms with E-state index in [1.165, 1.54) is 18.3 Å². The van der Waals surface area contributed by atoms with E-state index >= 15 is 0 Å². The molecule has 1 fully saturated rings. The molecule has 1 aliphatic carbocycles. The average Bonchev–Trinajstić information content (AvgIpc) is 3.69. The molecule has 9 nitrogen and oxygen atoms in total. The number of benzene rings is 2. The lowest BCUT2D eigenvalue weighted by molar-refractivity contribution is 0.303. The van der Waals surface area contributed by atoms with Gasteiger partial charge in [-0.25, -0.2) is 27.3 Å². The number of hydrogen-bond donors (Lipinski definition) is 2. The van der Waals surface area contributed by atoms with Crippen LogP contribution < -0.4 is 27.0 Å². The summed E-state index contributed by atoms with van der Waals surface area (Å²) >= 11 is 6.37. The lowest BCUT2D eigenvalue weighted by atomic mass is 10.2. The SMILES string of the molecule is O=c1[nH]cccc1Cn1c(=O)nc(Nc2ccc(OC3CC3)cc2Cl)n(Cc2cc(F)c(F)c(F)c2)c1=O. The van der Waals surface area contributed by atoms with E-state index in [1.807, 2.05) is 0 Å². The molecule has 4 aromatic rings. The van der Waals surface area contributed by atoms with Crippen molar-refractivity contribution in [3.05, 3.63) is 114 Å². The molecule has 13 heteroatoms. The van der Waals surface area contributed by atoms with Crippen LogP contribution in [0, 0.1) is 17.5 Å². The van der Waals surface area contributed by atoms with Crippen molar-refractivity contribution in [3.8, 4) is 5.75 Å². The molecule has 1 aliphatic rings. The lowest BCUT2D eigenvalue weighted by Gasteiger charge is -2.17. The molecule has 0 saturated heterocycles. The van der Waals surface area contributed by atoms with Crippen LogP contribution in [0.1, 0.15) is 24.0 Å². The quantitative estimate of drug-likeness (QED) is 0.328. The number of halogens is 4. The van der Waals surface area contributed by atoms with Gasteiger partial charge in [0.05, 0.1) is 29.9 Å². The molecule has 2 heterocycles. The second kappa shape index (κ2) is 10.2. The number of aromatic amines is 1. The zero-order chi connectivity index (χ0) is 27.0. The number of nitrogens with zero attached hydrogens (tertiary/aromatic N) is 3. The molecule has 0 unspecified atom stereocenters. The van der Waals surface area contributed by atoms with Crippen LogP contribution in [0.3, 0.4) is 0 Å². The molecule has 0 aliphatic heterocycles. The second-order valence-corrected chi connectivity index (χ2v) is 9.06. The van der Waals surface area contributed by atoms with Crippen LogP contribution in [0.25, 0.3) is 0 Å². The fraction of sp³-hybridized carbons (Fsp3) is 0.200. The molecule has 38 heavy (non-hydrogen) atoms. The van der Waals surface area contributed by atoms with Crippen molar-refractivity contribution in [3.63, 3.8) is 0 Å². The second-order valence-electron chi connectivity index (χ2n) is 8.65. The molecule has 0 amide bonds. The van der Waals surface area contributed by atoms with E-state index in [2.05, 4.69) is 15.3 Å². The first-order valence-electron chi connectivity index (χ1n) is 11.4. The fourth-order valence-electron chi connectivity index (χ4n) is 3.71. The molecule has 0 radical (unpaired) electrons. The molecule has 2 N–H and O–H groups in total. The van der Waals surface area contributed by atoms with E-state index < -0.39 is 47.5 Å². The normalized spacial score (nSPS) is 12.9. The van der Waals surface area contributed by atoms with Crippen molar-refractivity contribution in [2.45, 2.75) is 32.0 Å². The Morgan fingerprint density at radius 3 is 2.42 bits per heavy atom. The minimum atomic E-state index is -1.66. The highest BCUT2D eigenvalue weighted by Crippen LogP contribution is 2.32. The number of nitrogens with one attached hydrogen (secondary N) is 2. The van der Waals surface area contributed by atoms with Gasteiger partial charge in [0.2, 0.25) is 5.95 Å². The maximum Gasteiger partial charge on any atom is 0.355 e. The first kappa shape index (κ1) is 25.3. The Bertz CT molecular complexity index is 1690. The Morgan fingerprint density at radius 1 is 1.03 bits per heavy atom. The van der Waals surface area contributed by atoms with Crippen LogP contribution in [0.2, 0.25) is 5.02 Å². The highest BCUT2D eigenvalue weighted by molar-refractivity contribution is 6.33. The van der Waals surface area contributed by atoms with E-state index in [-0.39, 0.29) is 33.9 Å². The van der Waals surface area contributed by atoms with E-state index in [0.717, 1.165) is 29.5 Å². The van der Waals surface area contributed by atoms with Crippen LogP contribution in [0.15, 0.2) is 63.0 Å². The Balaban J connectivity index is 1.58. The van der Waals surface area contributed by atoms with Crippen molar-refractivity contribution in [1.29, 1.82) is 0 Å². The van der Waals surface area contributed by atoms with Gasteiger partial charge in [0.15, 0.2) is 17.5 Å². The van der Waals surface area contributed by atoms with Crippen molar-refractivity contribution in [2.75, 3.05) is 5.32 Å². The number of H-pyrrole nitrogens is 1. The van der Waals surface area contributed by atoms with E-state index in [4.69, 9.17) is 16.3 Å². The number of pyridine rings is 1. The van der Waals surface area contributed by atoms with Crippen molar-refractivity contribution in [1.82, 2.24) is 19.1 Å². The van der Waals surface area contributed by atoms with Gasteiger partial charge in [-0.1, -0.05) is 17.7 Å². The van der Waals surface area contributed by atoms with Crippen LogP contribution in [-0.2, 0) is 13.1 Å². The van der Waals surface area contributed by atoms with E-state index in [1.54, 1.807) is 18.2 Å². The van der Waals surface area contributed by atoms with Gasteiger partial charge >= 0.3 is 11.4 Å². The summed E-state index contributed by atoms with van der Waals surface area (Å²) in [6.07, 6.45) is 3.42. The van der Waals surface area contributed by atoms with Gasteiger partial charge < -0.3 is 15.0 Å². The van der Waals surface area contributed by atoms with Crippen LogP contribution in [0.4, 0.5) is 24.8 Å². The van der Waals surface area contributed by atoms with Gasteiger partial charge in [-0.15, -0.1) is 0 Å². The Morgan fingerprint density at radius 2 is 1.76 bits per heavy atom. The van der Waals surface area contributed by atoms with Crippen LogP contribution in [0.5, 0.6) is 5.75 Å². The number of ether oxygens (including phenoxy) is 1. The minimum absolute atomic E-state index is 0.105. The van der Waals surface area contributed by atoms with Gasteiger partial charge in [0, 0.05) is 17.8 Å². The maximum absolute atomic E-state index is 13.9. The smallest absolute Gasteiger partial charge is 0.355 e. The Hall–Kier alpha value is -4.32. The average molecular weight is 546 g/mol. The molecule has 0 atom stereocenters. The zero-order valence-electron chi connectivity index (χ0n) is 19.5. The predicted molar refractivity (Wildman–Crippen MR) is 133 cm³/mol. The first-order chi connectivity index (χ1) is 18.2. The molecular weight excluding hydrogens is 527 g/mol. The third-order valence-electron chi connectivity index (χ3n) is 5.78. The Labute approximate surface area is 217 Å².